The van der Waals surface area contributed by atoms with E-state index in [1.54, 1.807) is 19.2 Å². The van der Waals surface area contributed by atoms with Crippen LogP contribution < -0.4 is 15.8 Å². The molecule has 2 aromatic rings. The van der Waals surface area contributed by atoms with E-state index in [4.69, 9.17) is 22.1 Å². The van der Waals surface area contributed by atoms with Crippen LogP contribution in [0.15, 0.2) is 53.5 Å². The van der Waals surface area contributed by atoms with Gasteiger partial charge in [-0.05, 0) is 23.8 Å². The summed E-state index contributed by atoms with van der Waals surface area (Å²) in [6.07, 6.45) is 0. The van der Waals surface area contributed by atoms with Crippen molar-refractivity contribution in [1.82, 2.24) is 0 Å². The lowest BCUT2D eigenvalue weighted by Gasteiger charge is -2.08. The van der Waals surface area contributed by atoms with E-state index in [-0.39, 0.29) is 0 Å². The van der Waals surface area contributed by atoms with E-state index in [0.717, 1.165) is 11.3 Å². The first kappa shape index (κ1) is 14.2. The van der Waals surface area contributed by atoms with E-state index < -0.39 is 0 Å². The second-order valence-corrected chi connectivity index (χ2v) is 4.57. The SMILES string of the molecule is COc1ccc(NC(N)=NCc2ccccc2)cc1Cl. The normalized spacial score (nSPS) is 11.2. The second-order valence-electron chi connectivity index (χ2n) is 4.16. The van der Waals surface area contributed by atoms with E-state index in [0.29, 0.717) is 23.3 Å². The number of ether oxygens (including phenoxy) is 1. The predicted molar refractivity (Wildman–Crippen MR) is 83.4 cm³/mol. The molecule has 0 heterocycles. The van der Waals surface area contributed by atoms with Crippen LogP contribution in [-0.2, 0) is 6.54 Å². The molecule has 0 saturated carbocycles. The third-order valence-corrected chi connectivity index (χ3v) is 2.99. The first-order valence-electron chi connectivity index (χ1n) is 6.13. The van der Waals surface area contributed by atoms with Gasteiger partial charge >= 0.3 is 0 Å². The molecule has 0 aliphatic carbocycles. The molecule has 0 saturated heterocycles. The van der Waals surface area contributed by atoms with E-state index in [1.807, 2.05) is 36.4 Å². The molecule has 0 radical (unpaired) electrons. The Morgan fingerprint density at radius 3 is 2.65 bits per heavy atom. The molecular weight excluding hydrogens is 274 g/mol. The highest BCUT2D eigenvalue weighted by atomic mass is 35.5. The van der Waals surface area contributed by atoms with Gasteiger partial charge in [-0.2, -0.15) is 0 Å². The van der Waals surface area contributed by atoms with Crippen LogP contribution in [-0.4, -0.2) is 13.1 Å². The van der Waals surface area contributed by atoms with Gasteiger partial charge in [0.1, 0.15) is 5.75 Å². The summed E-state index contributed by atoms with van der Waals surface area (Å²) < 4.78 is 5.09. The van der Waals surface area contributed by atoms with Gasteiger partial charge < -0.3 is 15.8 Å². The van der Waals surface area contributed by atoms with Crippen LogP contribution in [0.3, 0.4) is 0 Å². The molecule has 0 unspecified atom stereocenters. The molecule has 3 N–H and O–H groups in total. The maximum Gasteiger partial charge on any atom is 0.193 e. The molecule has 0 atom stereocenters. The fourth-order valence-electron chi connectivity index (χ4n) is 1.69. The molecule has 0 fully saturated rings. The molecule has 0 aromatic heterocycles. The van der Waals surface area contributed by atoms with Crippen LogP contribution in [0.4, 0.5) is 5.69 Å². The van der Waals surface area contributed by atoms with Gasteiger partial charge in [-0.15, -0.1) is 0 Å². The fourth-order valence-corrected chi connectivity index (χ4v) is 1.95. The van der Waals surface area contributed by atoms with Gasteiger partial charge in [0, 0.05) is 5.69 Å². The second kappa shape index (κ2) is 6.82. The van der Waals surface area contributed by atoms with Crippen molar-refractivity contribution in [3.63, 3.8) is 0 Å². The zero-order valence-corrected chi connectivity index (χ0v) is 11.9. The molecular formula is C15H16ClN3O. The number of methoxy groups -OCH3 is 1. The highest BCUT2D eigenvalue weighted by Gasteiger charge is 2.02. The number of nitrogens with two attached hydrogens (primary N) is 1. The van der Waals surface area contributed by atoms with Crippen LogP contribution in [0.5, 0.6) is 5.75 Å². The van der Waals surface area contributed by atoms with Gasteiger partial charge in [0.25, 0.3) is 0 Å². The Kier molecular flexibility index (Phi) is 4.85. The van der Waals surface area contributed by atoms with Crippen LogP contribution in [0.25, 0.3) is 0 Å². The lowest BCUT2D eigenvalue weighted by atomic mass is 10.2. The highest BCUT2D eigenvalue weighted by Crippen LogP contribution is 2.26. The number of rotatable bonds is 4. The van der Waals surface area contributed by atoms with Crippen LogP contribution in [0.1, 0.15) is 5.56 Å². The summed E-state index contributed by atoms with van der Waals surface area (Å²) in [5.41, 5.74) is 7.71. The Morgan fingerprint density at radius 2 is 2.00 bits per heavy atom. The smallest absolute Gasteiger partial charge is 0.193 e. The number of aliphatic imine (C=N–C) groups is 1. The summed E-state index contributed by atoms with van der Waals surface area (Å²) in [4.78, 5) is 4.27. The summed E-state index contributed by atoms with van der Waals surface area (Å²) in [6, 6.07) is 15.3. The van der Waals surface area contributed by atoms with Gasteiger partial charge in [0.15, 0.2) is 5.96 Å². The molecule has 104 valence electrons. The maximum atomic E-state index is 6.04. The molecule has 2 rings (SSSR count). The van der Waals surface area contributed by atoms with E-state index in [1.165, 1.54) is 0 Å². The van der Waals surface area contributed by atoms with E-state index >= 15 is 0 Å². The number of nitrogens with one attached hydrogen (secondary N) is 1. The monoisotopic (exact) mass is 289 g/mol. The van der Waals surface area contributed by atoms with Crippen molar-refractivity contribution in [2.75, 3.05) is 12.4 Å². The summed E-state index contributed by atoms with van der Waals surface area (Å²) in [7, 11) is 1.57. The standard InChI is InChI=1S/C15H16ClN3O/c1-20-14-8-7-12(9-13(14)16)19-15(17)18-10-11-5-3-2-4-6-11/h2-9H,10H2,1H3,(H3,17,18,19). The summed E-state index contributed by atoms with van der Waals surface area (Å²) in [5.74, 6) is 0.965. The number of benzene rings is 2. The van der Waals surface area contributed by atoms with Crippen molar-refractivity contribution in [2.24, 2.45) is 10.7 Å². The zero-order valence-electron chi connectivity index (χ0n) is 11.1. The van der Waals surface area contributed by atoms with Crippen molar-refractivity contribution in [3.05, 3.63) is 59.1 Å². The number of guanidine groups is 1. The third kappa shape index (κ3) is 3.90. The summed E-state index contributed by atoms with van der Waals surface area (Å²) >= 11 is 6.04. The molecule has 0 aliphatic heterocycles. The van der Waals surface area contributed by atoms with Gasteiger partial charge in [-0.3, -0.25) is 0 Å². The average molecular weight is 290 g/mol. The summed E-state index contributed by atoms with van der Waals surface area (Å²) in [5, 5.41) is 3.51. The molecule has 0 aliphatic rings. The number of hydrogen-bond acceptors (Lipinski definition) is 2. The molecule has 20 heavy (non-hydrogen) atoms. The van der Waals surface area contributed by atoms with Crippen LogP contribution in [0.2, 0.25) is 5.02 Å². The summed E-state index contributed by atoms with van der Waals surface area (Å²) in [6.45, 7) is 0.531. The first-order valence-corrected chi connectivity index (χ1v) is 6.51. The van der Waals surface area contributed by atoms with Crippen molar-refractivity contribution >= 4 is 23.2 Å². The van der Waals surface area contributed by atoms with Gasteiger partial charge in [0.05, 0.1) is 18.7 Å². The van der Waals surface area contributed by atoms with E-state index in [9.17, 15) is 0 Å². The van der Waals surface area contributed by atoms with Crippen molar-refractivity contribution in [3.8, 4) is 5.75 Å². The number of nitrogens with zero attached hydrogens (tertiary/aromatic N) is 1. The lowest BCUT2D eigenvalue weighted by Crippen LogP contribution is -2.22. The first-order chi connectivity index (χ1) is 9.69. The Labute approximate surface area is 123 Å². The minimum absolute atomic E-state index is 0.343. The lowest BCUT2D eigenvalue weighted by molar-refractivity contribution is 0.415. The Hall–Kier alpha value is -2.20. The maximum absolute atomic E-state index is 6.04. The largest absolute Gasteiger partial charge is 0.495 e. The van der Waals surface area contributed by atoms with E-state index in [2.05, 4.69) is 10.3 Å². The number of anilines is 1. The van der Waals surface area contributed by atoms with Crippen molar-refractivity contribution in [2.45, 2.75) is 6.54 Å². The number of hydrogen-bond donors (Lipinski definition) is 2. The highest BCUT2D eigenvalue weighted by molar-refractivity contribution is 6.32. The Balaban J connectivity index is 2.00. The molecule has 0 bridgehead atoms. The fraction of sp³-hybridized carbons (Fsp3) is 0.133. The average Bonchev–Trinajstić information content (AvgIpc) is 2.46. The zero-order chi connectivity index (χ0) is 14.4. The third-order valence-electron chi connectivity index (χ3n) is 2.70. The van der Waals surface area contributed by atoms with Gasteiger partial charge in [-0.1, -0.05) is 41.9 Å². The van der Waals surface area contributed by atoms with Crippen molar-refractivity contribution in [1.29, 1.82) is 0 Å². The topological polar surface area (TPSA) is 59.6 Å². The van der Waals surface area contributed by atoms with Crippen molar-refractivity contribution < 1.29 is 4.74 Å². The number of halogens is 1. The van der Waals surface area contributed by atoms with Gasteiger partial charge in [0.2, 0.25) is 0 Å². The molecule has 5 heteroatoms. The van der Waals surface area contributed by atoms with Crippen LogP contribution >= 0.6 is 11.6 Å². The molecule has 0 amide bonds. The van der Waals surface area contributed by atoms with Crippen LogP contribution in [0, 0.1) is 0 Å². The Morgan fingerprint density at radius 1 is 1.25 bits per heavy atom. The molecule has 4 nitrogen and oxygen atoms in total. The van der Waals surface area contributed by atoms with Gasteiger partial charge in [-0.25, -0.2) is 4.99 Å². The minimum Gasteiger partial charge on any atom is -0.495 e. The molecule has 0 spiro atoms. The predicted octanol–water partition coefficient (Wildman–Crippen LogP) is 3.28. The minimum atomic E-state index is 0.343. The molecule has 2 aromatic carbocycles. The Bertz CT molecular complexity index is 599. The quantitative estimate of drug-likeness (QED) is 0.671.